The van der Waals surface area contributed by atoms with Crippen LogP contribution in [0.15, 0.2) is 58.9 Å². The lowest BCUT2D eigenvalue weighted by atomic mass is 10.1. The van der Waals surface area contributed by atoms with Crippen LogP contribution in [0.1, 0.15) is 12.8 Å². The largest absolute Gasteiger partial charge is 0.376 e. The van der Waals surface area contributed by atoms with Crippen molar-refractivity contribution in [2.45, 2.75) is 23.3 Å². The van der Waals surface area contributed by atoms with Crippen LogP contribution in [0.25, 0.3) is 11.1 Å². The van der Waals surface area contributed by atoms with Crippen LogP contribution in [0.2, 0.25) is 0 Å². The zero-order valence-corrected chi connectivity index (χ0v) is 17.5. The third kappa shape index (κ3) is 5.79. The lowest BCUT2D eigenvalue weighted by molar-refractivity contribution is -0.113. The number of rotatable bonds is 8. The molecule has 1 amide bonds. The molecular weight excluding hydrogens is 404 g/mol. The van der Waals surface area contributed by atoms with Crippen molar-refractivity contribution in [3.05, 3.63) is 54.6 Å². The lowest BCUT2D eigenvalue weighted by Crippen LogP contribution is -2.18. The summed E-state index contributed by atoms with van der Waals surface area (Å²) >= 11 is 2.85. The van der Waals surface area contributed by atoms with Gasteiger partial charge in [0.1, 0.15) is 0 Å². The maximum absolute atomic E-state index is 12.2. The first-order chi connectivity index (χ1) is 14.3. The molecule has 0 saturated carbocycles. The van der Waals surface area contributed by atoms with Crippen molar-refractivity contribution in [1.29, 1.82) is 0 Å². The number of benzene rings is 2. The standard InChI is InChI=1S/C21H22N4O2S2/c26-19(23-17-10-8-16(9-11-17)15-5-2-1-3-6-15)14-28-21-25-24-20(29-21)22-13-18-7-4-12-27-18/h1-3,5-6,8-11,18H,4,7,12-14H2,(H,22,24)(H,23,26)/t18-/m0/s1. The Morgan fingerprint density at radius 2 is 1.90 bits per heavy atom. The van der Waals surface area contributed by atoms with Gasteiger partial charge in [0, 0.05) is 18.8 Å². The van der Waals surface area contributed by atoms with E-state index in [1.54, 1.807) is 0 Å². The molecule has 1 saturated heterocycles. The van der Waals surface area contributed by atoms with E-state index in [1.165, 1.54) is 23.1 Å². The molecule has 1 aromatic heterocycles. The molecule has 0 spiro atoms. The molecule has 1 aliphatic heterocycles. The Morgan fingerprint density at radius 1 is 1.10 bits per heavy atom. The Labute approximate surface area is 178 Å². The van der Waals surface area contributed by atoms with Gasteiger partial charge in [0.2, 0.25) is 11.0 Å². The van der Waals surface area contributed by atoms with Crippen LogP contribution in [0.4, 0.5) is 10.8 Å². The number of nitrogens with zero attached hydrogens (tertiary/aromatic N) is 2. The minimum atomic E-state index is -0.0634. The van der Waals surface area contributed by atoms with E-state index in [0.29, 0.717) is 5.75 Å². The van der Waals surface area contributed by atoms with Crippen molar-refractivity contribution < 1.29 is 9.53 Å². The number of hydrogen-bond donors (Lipinski definition) is 2. The van der Waals surface area contributed by atoms with Gasteiger partial charge in [-0.05, 0) is 36.1 Å². The van der Waals surface area contributed by atoms with Gasteiger partial charge in [0.05, 0.1) is 11.9 Å². The smallest absolute Gasteiger partial charge is 0.234 e. The molecule has 8 heteroatoms. The maximum atomic E-state index is 12.2. The van der Waals surface area contributed by atoms with Crippen LogP contribution < -0.4 is 10.6 Å². The van der Waals surface area contributed by atoms with Crippen LogP contribution >= 0.6 is 23.1 Å². The van der Waals surface area contributed by atoms with Crippen molar-refractivity contribution in [2.24, 2.45) is 0 Å². The maximum Gasteiger partial charge on any atom is 0.234 e. The molecule has 0 radical (unpaired) electrons. The molecule has 4 rings (SSSR count). The Bertz CT molecular complexity index is 925. The number of aromatic nitrogens is 2. The van der Waals surface area contributed by atoms with E-state index in [1.807, 2.05) is 42.5 Å². The first-order valence-corrected chi connectivity index (χ1v) is 11.3. The molecule has 0 unspecified atom stereocenters. The van der Waals surface area contributed by atoms with Gasteiger partial charge >= 0.3 is 0 Å². The quantitative estimate of drug-likeness (QED) is 0.516. The van der Waals surface area contributed by atoms with Gasteiger partial charge in [-0.25, -0.2) is 0 Å². The number of carbonyl (C=O) groups is 1. The second-order valence-corrected chi connectivity index (χ2v) is 8.87. The molecule has 0 aliphatic carbocycles. The number of hydrogen-bond acceptors (Lipinski definition) is 7. The molecule has 1 fully saturated rings. The van der Waals surface area contributed by atoms with Gasteiger partial charge in [-0.3, -0.25) is 4.79 Å². The van der Waals surface area contributed by atoms with Crippen molar-refractivity contribution in [1.82, 2.24) is 10.2 Å². The predicted molar refractivity (Wildman–Crippen MR) is 119 cm³/mol. The van der Waals surface area contributed by atoms with Crippen LogP contribution in [0, 0.1) is 0 Å². The molecule has 0 bridgehead atoms. The lowest BCUT2D eigenvalue weighted by Gasteiger charge is -2.08. The number of carbonyl (C=O) groups excluding carboxylic acids is 1. The minimum Gasteiger partial charge on any atom is -0.376 e. The third-order valence-electron chi connectivity index (χ3n) is 4.51. The summed E-state index contributed by atoms with van der Waals surface area (Å²) < 4.78 is 6.36. The zero-order chi connectivity index (χ0) is 19.9. The molecular formula is C21H22N4O2S2. The SMILES string of the molecule is O=C(CSc1nnc(NC[C@@H]2CCCO2)s1)Nc1ccc(-c2ccccc2)cc1. The summed E-state index contributed by atoms with van der Waals surface area (Å²) in [6.07, 6.45) is 2.46. The van der Waals surface area contributed by atoms with E-state index in [0.717, 1.165) is 52.3 Å². The molecule has 150 valence electrons. The molecule has 29 heavy (non-hydrogen) atoms. The summed E-state index contributed by atoms with van der Waals surface area (Å²) in [6.45, 7) is 1.59. The van der Waals surface area contributed by atoms with Crippen LogP contribution in [-0.4, -0.2) is 41.1 Å². The number of thioether (sulfide) groups is 1. The summed E-state index contributed by atoms with van der Waals surface area (Å²) in [5.41, 5.74) is 3.06. The molecule has 2 N–H and O–H groups in total. The highest BCUT2D eigenvalue weighted by Crippen LogP contribution is 2.26. The molecule has 2 heterocycles. The van der Waals surface area contributed by atoms with Gasteiger partial charge in [-0.1, -0.05) is 65.6 Å². The van der Waals surface area contributed by atoms with Crippen molar-refractivity contribution in [3.63, 3.8) is 0 Å². The van der Waals surface area contributed by atoms with Gasteiger partial charge in [0.25, 0.3) is 0 Å². The van der Waals surface area contributed by atoms with E-state index >= 15 is 0 Å². The first kappa shape index (κ1) is 19.9. The number of nitrogens with one attached hydrogen (secondary N) is 2. The van der Waals surface area contributed by atoms with Gasteiger partial charge in [-0.2, -0.15) is 0 Å². The normalized spacial score (nSPS) is 15.9. The molecule has 6 nitrogen and oxygen atoms in total. The summed E-state index contributed by atoms with van der Waals surface area (Å²) in [6, 6.07) is 18.0. The molecule has 1 aliphatic rings. The van der Waals surface area contributed by atoms with E-state index in [2.05, 4.69) is 33.0 Å². The number of ether oxygens (including phenoxy) is 1. The van der Waals surface area contributed by atoms with Gasteiger partial charge < -0.3 is 15.4 Å². The van der Waals surface area contributed by atoms with Crippen LogP contribution in [0.3, 0.4) is 0 Å². The molecule has 2 aromatic carbocycles. The average molecular weight is 427 g/mol. The fourth-order valence-corrected chi connectivity index (χ4v) is 4.61. The number of anilines is 2. The summed E-state index contributed by atoms with van der Waals surface area (Å²) in [5, 5.41) is 15.2. The Kier molecular flexibility index (Phi) is 6.76. The summed E-state index contributed by atoms with van der Waals surface area (Å²) in [4.78, 5) is 12.2. The highest BCUT2D eigenvalue weighted by atomic mass is 32.2. The topological polar surface area (TPSA) is 76.1 Å². The van der Waals surface area contributed by atoms with Crippen LogP contribution in [0.5, 0.6) is 0 Å². The number of amides is 1. The predicted octanol–water partition coefficient (Wildman–Crippen LogP) is 4.53. The Balaban J connectivity index is 1.23. The van der Waals surface area contributed by atoms with E-state index in [-0.39, 0.29) is 12.0 Å². The fourth-order valence-electron chi connectivity index (χ4n) is 3.05. The zero-order valence-electron chi connectivity index (χ0n) is 15.8. The average Bonchev–Trinajstić information content (AvgIpc) is 3.44. The van der Waals surface area contributed by atoms with Crippen molar-refractivity contribution >= 4 is 39.8 Å². The first-order valence-electron chi connectivity index (χ1n) is 9.53. The Morgan fingerprint density at radius 3 is 2.66 bits per heavy atom. The summed E-state index contributed by atoms with van der Waals surface area (Å²) in [5.74, 6) is 0.229. The molecule has 3 aromatic rings. The minimum absolute atomic E-state index is 0.0634. The Hall–Kier alpha value is -2.42. The van der Waals surface area contributed by atoms with Gasteiger partial charge in [0.15, 0.2) is 4.34 Å². The monoisotopic (exact) mass is 426 g/mol. The highest BCUT2D eigenvalue weighted by Gasteiger charge is 2.16. The van der Waals surface area contributed by atoms with Crippen molar-refractivity contribution in [3.8, 4) is 11.1 Å². The van der Waals surface area contributed by atoms with Crippen LogP contribution in [-0.2, 0) is 9.53 Å². The summed E-state index contributed by atoms with van der Waals surface area (Å²) in [7, 11) is 0. The van der Waals surface area contributed by atoms with Crippen molar-refractivity contribution in [2.75, 3.05) is 29.5 Å². The third-order valence-corrected chi connectivity index (χ3v) is 6.53. The van der Waals surface area contributed by atoms with Gasteiger partial charge in [-0.15, -0.1) is 10.2 Å². The second-order valence-electron chi connectivity index (χ2n) is 6.67. The fraction of sp³-hybridized carbons (Fsp3) is 0.286. The van der Waals surface area contributed by atoms with E-state index in [4.69, 9.17) is 4.74 Å². The van der Waals surface area contributed by atoms with E-state index in [9.17, 15) is 4.79 Å². The second kappa shape index (κ2) is 9.87. The molecule has 1 atom stereocenters. The highest BCUT2D eigenvalue weighted by molar-refractivity contribution is 8.01. The van der Waals surface area contributed by atoms with E-state index < -0.39 is 0 Å².